The fraction of sp³-hybridized carbons (Fsp3) is 0.0769. The first-order valence-electron chi connectivity index (χ1n) is 10.0. The molecule has 0 bridgehead atoms. The summed E-state index contributed by atoms with van der Waals surface area (Å²) in [5.41, 5.74) is 7.63. The van der Waals surface area contributed by atoms with Crippen LogP contribution >= 0.6 is 15.9 Å². The number of methoxy groups -OCH3 is 2. The number of hydrogen-bond acceptors (Lipinski definition) is 5. The van der Waals surface area contributed by atoms with Crippen molar-refractivity contribution in [2.24, 2.45) is 5.10 Å². The minimum atomic E-state index is 0.742. The van der Waals surface area contributed by atoms with Crippen LogP contribution in [0.3, 0.4) is 0 Å². The van der Waals surface area contributed by atoms with Crippen LogP contribution in [0.2, 0.25) is 0 Å². The maximum atomic E-state index is 5.42. The topological polar surface area (TPSA) is 55.7 Å². The van der Waals surface area contributed by atoms with E-state index in [2.05, 4.69) is 38.6 Å². The van der Waals surface area contributed by atoms with Gasteiger partial charge in [-0.15, -0.1) is 0 Å². The lowest BCUT2D eigenvalue weighted by Gasteiger charge is -2.10. The summed E-state index contributed by atoms with van der Waals surface area (Å²) in [7, 11) is 3.29. The highest BCUT2D eigenvalue weighted by molar-refractivity contribution is 9.10. The molecule has 0 aliphatic carbocycles. The standard InChI is InChI=1S/C26H22BrN3O2/c1-31-22-11-12-24-23(16-22)25(15-21(29-24)10-8-18-6-4-3-5-7-18)30-28-17-19-14-20(27)9-13-26(19)32-2/h3-17H,1-2H3,(H,29,30)/b10-8+,28-17+. The van der Waals surface area contributed by atoms with E-state index in [0.717, 1.165) is 49.4 Å². The van der Waals surface area contributed by atoms with Gasteiger partial charge in [0.15, 0.2) is 0 Å². The Bertz CT molecular complexity index is 1290. The van der Waals surface area contributed by atoms with Gasteiger partial charge in [-0.2, -0.15) is 5.10 Å². The van der Waals surface area contributed by atoms with Gasteiger partial charge in [-0.25, -0.2) is 4.98 Å². The van der Waals surface area contributed by atoms with E-state index in [4.69, 9.17) is 14.5 Å². The van der Waals surface area contributed by atoms with Crippen LogP contribution in [0.25, 0.3) is 23.1 Å². The van der Waals surface area contributed by atoms with Gasteiger partial charge < -0.3 is 9.47 Å². The molecule has 1 heterocycles. The smallest absolute Gasteiger partial charge is 0.127 e. The summed E-state index contributed by atoms with van der Waals surface area (Å²) < 4.78 is 11.8. The van der Waals surface area contributed by atoms with Gasteiger partial charge in [0.05, 0.1) is 37.3 Å². The SMILES string of the molecule is COc1ccc2nc(/C=C/c3ccccc3)cc(N/N=C/c3cc(Br)ccc3OC)c2c1. The van der Waals surface area contributed by atoms with Crippen molar-refractivity contribution in [3.8, 4) is 11.5 Å². The third-order valence-electron chi connectivity index (χ3n) is 4.86. The first-order valence-corrected chi connectivity index (χ1v) is 10.8. The average molecular weight is 488 g/mol. The number of fused-ring (bicyclic) bond motifs is 1. The van der Waals surface area contributed by atoms with Gasteiger partial charge >= 0.3 is 0 Å². The molecule has 0 saturated carbocycles. The van der Waals surface area contributed by atoms with E-state index in [1.807, 2.05) is 72.8 Å². The molecule has 1 N–H and O–H groups in total. The Morgan fingerprint density at radius 2 is 1.75 bits per heavy atom. The van der Waals surface area contributed by atoms with E-state index < -0.39 is 0 Å². The summed E-state index contributed by atoms with van der Waals surface area (Å²) in [6.07, 6.45) is 5.76. The van der Waals surface area contributed by atoms with Crippen LogP contribution in [0.5, 0.6) is 11.5 Å². The molecule has 160 valence electrons. The van der Waals surface area contributed by atoms with Crippen molar-refractivity contribution in [1.82, 2.24) is 4.98 Å². The Morgan fingerprint density at radius 1 is 0.906 bits per heavy atom. The normalized spacial score (nSPS) is 11.3. The van der Waals surface area contributed by atoms with Crippen LogP contribution < -0.4 is 14.9 Å². The summed E-state index contributed by atoms with van der Waals surface area (Å²) in [4.78, 5) is 4.77. The molecular weight excluding hydrogens is 466 g/mol. The third kappa shape index (κ3) is 5.15. The lowest BCUT2D eigenvalue weighted by atomic mass is 10.1. The van der Waals surface area contributed by atoms with Gasteiger partial charge in [-0.1, -0.05) is 52.3 Å². The number of benzene rings is 3. The van der Waals surface area contributed by atoms with Gasteiger partial charge in [0.1, 0.15) is 11.5 Å². The van der Waals surface area contributed by atoms with Crippen LogP contribution in [0.1, 0.15) is 16.8 Å². The van der Waals surface area contributed by atoms with E-state index in [9.17, 15) is 0 Å². The maximum absolute atomic E-state index is 5.42. The fourth-order valence-electron chi connectivity index (χ4n) is 3.25. The maximum Gasteiger partial charge on any atom is 0.127 e. The predicted octanol–water partition coefficient (Wildman–Crippen LogP) is 6.63. The van der Waals surface area contributed by atoms with E-state index in [1.165, 1.54) is 0 Å². The number of aromatic nitrogens is 1. The molecule has 0 aliphatic rings. The monoisotopic (exact) mass is 487 g/mol. The molecule has 32 heavy (non-hydrogen) atoms. The van der Waals surface area contributed by atoms with Crippen molar-refractivity contribution in [3.63, 3.8) is 0 Å². The van der Waals surface area contributed by atoms with Crippen molar-refractivity contribution in [1.29, 1.82) is 0 Å². The molecule has 0 aliphatic heterocycles. The summed E-state index contributed by atoms with van der Waals surface area (Å²) in [6.45, 7) is 0. The Hall–Kier alpha value is -3.64. The average Bonchev–Trinajstić information content (AvgIpc) is 2.83. The molecule has 5 nitrogen and oxygen atoms in total. The van der Waals surface area contributed by atoms with E-state index in [-0.39, 0.29) is 0 Å². The number of anilines is 1. The van der Waals surface area contributed by atoms with Crippen molar-refractivity contribution < 1.29 is 9.47 Å². The molecule has 4 aromatic rings. The summed E-state index contributed by atoms with van der Waals surface area (Å²) in [5.74, 6) is 1.50. The minimum absolute atomic E-state index is 0.742. The zero-order valence-corrected chi connectivity index (χ0v) is 19.3. The highest BCUT2D eigenvalue weighted by Gasteiger charge is 2.07. The van der Waals surface area contributed by atoms with Crippen LogP contribution in [0, 0.1) is 0 Å². The molecule has 0 unspecified atom stereocenters. The number of nitrogens with one attached hydrogen (secondary N) is 1. The number of hydrogen-bond donors (Lipinski definition) is 1. The summed E-state index contributed by atoms with van der Waals surface area (Å²) in [6, 6.07) is 23.7. The largest absolute Gasteiger partial charge is 0.497 e. The molecule has 4 rings (SSSR count). The number of rotatable bonds is 7. The molecule has 0 spiro atoms. The number of pyridine rings is 1. The number of hydrazone groups is 1. The van der Waals surface area contributed by atoms with Gasteiger partial charge in [-0.05, 0) is 54.1 Å². The Kier molecular flexibility index (Phi) is 6.82. The zero-order valence-electron chi connectivity index (χ0n) is 17.7. The first-order chi connectivity index (χ1) is 15.7. The van der Waals surface area contributed by atoms with E-state index in [0.29, 0.717) is 0 Å². The highest BCUT2D eigenvalue weighted by Crippen LogP contribution is 2.28. The van der Waals surface area contributed by atoms with Gasteiger partial charge in [0, 0.05) is 15.4 Å². The van der Waals surface area contributed by atoms with Crippen molar-refractivity contribution >= 4 is 50.9 Å². The first kappa shape index (κ1) is 21.6. The van der Waals surface area contributed by atoms with E-state index >= 15 is 0 Å². The Balaban J connectivity index is 1.69. The van der Waals surface area contributed by atoms with Crippen LogP contribution in [-0.4, -0.2) is 25.4 Å². The fourth-order valence-corrected chi connectivity index (χ4v) is 3.63. The second kappa shape index (κ2) is 10.1. The summed E-state index contributed by atoms with van der Waals surface area (Å²) in [5, 5.41) is 5.37. The highest BCUT2D eigenvalue weighted by atomic mass is 79.9. The molecule has 1 aromatic heterocycles. The molecule has 0 amide bonds. The lowest BCUT2D eigenvalue weighted by molar-refractivity contribution is 0.414. The number of ether oxygens (including phenoxy) is 2. The van der Waals surface area contributed by atoms with Gasteiger partial charge in [0.25, 0.3) is 0 Å². The second-order valence-electron chi connectivity index (χ2n) is 6.98. The molecule has 0 fully saturated rings. The third-order valence-corrected chi connectivity index (χ3v) is 5.36. The van der Waals surface area contributed by atoms with Crippen molar-refractivity contribution in [2.45, 2.75) is 0 Å². The van der Waals surface area contributed by atoms with Gasteiger partial charge in [-0.3, -0.25) is 5.43 Å². The van der Waals surface area contributed by atoms with Gasteiger partial charge in [0.2, 0.25) is 0 Å². The Morgan fingerprint density at radius 3 is 2.53 bits per heavy atom. The molecule has 0 saturated heterocycles. The number of halogens is 1. The predicted molar refractivity (Wildman–Crippen MR) is 136 cm³/mol. The summed E-state index contributed by atoms with van der Waals surface area (Å²) >= 11 is 3.49. The minimum Gasteiger partial charge on any atom is -0.497 e. The van der Waals surface area contributed by atoms with Crippen molar-refractivity contribution in [2.75, 3.05) is 19.6 Å². The lowest BCUT2D eigenvalue weighted by Crippen LogP contribution is -1.97. The molecule has 0 atom stereocenters. The quantitative estimate of drug-likeness (QED) is 0.234. The molecule has 3 aromatic carbocycles. The molecular formula is C26H22BrN3O2. The van der Waals surface area contributed by atoms with Crippen LogP contribution in [0.15, 0.2) is 82.4 Å². The second-order valence-corrected chi connectivity index (χ2v) is 7.89. The molecule has 0 radical (unpaired) electrons. The van der Waals surface area contributed by atoms with Crippen molar-refractivity contribution in [3.05, 3.63) is 94.1 Å². The number of nitrogens with zero attached hydrogens (tertiary/aromatic N) is 2. The van der Waals surface area contributed by atoms with E-state index in [1.54, 1.807) is 20.4 Å². The van der Waals surface area contributed by atoms with Crippen LogP contribution in [0.4, 0.5) is 5.69 Å². The van der Waals surface area contributed by atoms with Crippen LogP contribution in [-0.2, 0) is 0 Å². The Labute approximate surface area is 195 Å². The zero-order chi connectivity index (χ0) is 22.3. The molecule has 6 heteroatoms.